The minimum Gasteiger partial charge on any atom is -0.496 e. The van der Waals surface area contributed by atoms with Gasteiger partial charge in [0, 0.05) is 12.1 Å². The molecule has 4 rings (SSSR count). The zero-order chi connectivity index (χ0) is 28.0. The van der Waals surface area contributed by atoms with Gasteiger partial charge in [-0.1, -0.05) is 0 Å². The Morgan fingerprint density at radius 1 is 1.16 bits per heavy atom. The fourth-order valence-electron chi connectivity index (χ4n) is 4.54. The lowest BCUT2D eigenvalue weighted by atomic mass is 9.92. The number of aromatic nitrogens is 5. The van der Waals surface area contributed by atoms with Crippen molar-refractivity contribution >= 4 is 5.91 Å². The van der Waals surface area contributed by atoms with Crippen molar-refractivity contribution < 1.29 is 35.9 Å². The number of methoxy groups -OCH3 is 1. The molecule has 1 N–H and O–H groups in total. The van der Waals surface area contributed by atoms with Crippen LogP contribution < -0.4 is 10.1 Å². The van der Waals surface area contributed by atoms with E-state index in [2.05, 4.69) is 20.7 Å². The minimum absolute atomic E-state index is 0.0668. The van der Waals surface area contributed by atoms with Gasteiger partial charge in [-0.05, 0) is 47.9 Å². The molecule has 1 aromatic carbocycles. The van der Waals surface area contributed by atoms with Crippen LogP contribution in [0.2, 0.25) is 0 Å². The first-order chi connectivity index (χ1) is 17.6. The molecule has 38 heavy (non-hydrogen) atoms. The summed E-state index contributed by atoms with van der Waals surface area (Å²) in [6.45, 7) is 0.966. The second-order valence-electron chi connectivity index (χ2n) is 9.10. The fraction of sp³-hybridized carbons (Fsp3) is 0.435. The number of fused-ring (bicyclic) bond motifs is 3. The Morgan fingerprint density at radius 2 is 1.87 bits per heavy atom. The van der Waals surface area contributed by atoms with Crippen molar-refractivity contribution in [1.29, 1.82) is 5.26 Å². The molecule has 0 unspecified atom stereocenters. The molecule has 3 aromatic rings. The monoisotopic (exact) mass is 541 g/mol. The van der Waals surface area contributed by atoms with Crippen molar-refractivity contribution in [2.24, 2.45) is 7.05 Å². The number of nitriles is 1. The molecule has 0 radical (unpaired) electrons. The highest BCUT2D eigenvalue weighted by atomic mass is 19.4. The molecule has 0 bridgehead atoms. The van der Waals surface area contributed by atoms with Crippen LogP contribution in [0.4, 0.5) is 26.3 Å². The van der Waals surface area contributed by atoms with Gasteiger partial charge in [-0.25, -0.2) is 0 Å². The Morgan fingerprint density at radius 3 is 2.42 bits per heavy atom. The van der Waals surface area contributed by atoms with Crippen molar-refractivity contribution in [3.63, 3.8) is 0 Å². The summed E-state index contributed by atoms with van der Waals surface area (Å²) < 4.78 is 86.4. The van der Waals surface area contributed by atoms with Gasteiger partial charge in [0.2, 0.25) is 5.82 Å². The number of carbonyl (C=O) groups excluding carboxylic acids is 1. The number of rotatable bonds is 6. The molecular formula is C23H21F6N7O2. The number of hydrogen-bond acceptors (Lipinski definition) is 6. The number of benzene rings is 1. The van der Waals surface area contributed by atoms with Crippen LogP contribution in [0.25, 0.3) is 22.6 Å². The van der Waals surface area contributed by atoms with Gasteiger partial charge in [0.1, 0.15) is 17.0 Å². The van der Waals surface area contributed by atoms with Crippen LogP contribution in [-0.2, 0) is 26.4 Å². The molecule has 3 heterocycles. The molecule has 0 saturated carbocycles. The van der Waals surface area contributed by atoms with E-state index in [1.165, 1.54) is 29.6 Å². The Balaban J connectivity index is 1.86. The summed E-state index contributed by atoms with van der Waals surface area (Å²) in [7, 11) is 2.95. The number of aryl methyl sites for hydroxylation is 2. The molecular weight excluding hydrogens is 520 g/mol. The van der Waals surface area contributed by atoms with E-state index < -0.39 is 36.6 Å². The smallest absolute Gasteiger partial charge is 0.393 e. The van der Waals surface area contributed by atoms with Gasteiger partial charge in [-0.3, -0.25) is 4.79 Å². The van der Waals surface area contributed by atoms with Gasteiger partial charge < -0.3 is 14.6 Å². The van der Waals surface area contributed by atoms with Crippen LogP contribution in [0.3, 0.4) is 0 Å². The van der Waals surface area contributed by atoms with Gasteiger partial charge in [0.15, 0.2) is 0 Å². The second kappa shape index (κ2) is 9.34. The van der Waals surface area contributed by atoms with Crippen LogP contribution in [-0.4, -0.2) is 55.7 Å². The lowest BCUT2D eigenvalue weighted by molar-refractivity contribution is -0.143. The molecule has 0 fully saturated rings. The third-order valence-electron chi connectivity index (χ3n) is 6.02. The molecule has 1 aliphatic heterocycles. The van der Waals surface area contributed by atoms with Gasteiger partial charge in [-0.2, -0.15) is 36.4 Å². The minimum atomic E-state index is -4.76. The number of hydrogen-bond donors (Lipinski definition) is 1. The van der Waals surface area contributed by atoms with Crippen LogP contribution in [0.5, 0.6) is 5.75 Å². The van der Waals surface area contributed by atoms with E-state index in [9.17, 15) is 36.4 Å². The quantitative estimate of drug-likeness (QED) is 0.473. The third kappa shape index (κ3) is 5.43. The Kier molecular flexibility index (Phi) is 6.62. The van der Waals surface area contributed by atoms with Crippen LogP contribution >= 0.6 is 0 Å². The number of tetrazole rings is 1. The maximum absolute atomic E-state index is 13.5. The molecule has 2 aromatic heterocycles. The number of ether oxygens (including phenoxy) is 1. The number of nitrogens with zero attached hydrogens (tertiary/aromatic N) is 6. The largest absolute Gasteiger partial charge is 0.496 e. The Bertz CT molecular complexity index is 1430. The number of alkyl halides is 6. The van der Waals surface area contributed by atoms with Crippen molar-refractivity contribution in [2.45, 2.75) is 50.6 Å². The summed E-state index contributed by atoms with van der Waals surface area (Å²) >= 11 is 0. The highest BCUT2D eigenvalue weighted by Crippen LogP contribution is 2.42. The summed E-state index contributed by atoms with van der Waals surface area (Å²) in [4.78, 5) is 14.3. The van der Waals surface area contributed by atoms with E-state index >= 15 is 0 Å². The highest BCUT2D eigenvalue weighted by molar-refractivity contribution is 5.96. The Labute approximate surface area is 212 Å². The van der Waals surface area contributed by atoms with Gasteiger partial charge in [-0.15, -0.1) is 10.2 Å². The molecule has 15 heteroatoms. The summed E-state index contributed by atoms with van der Waals surface area (Å²) in [5, 5.41) is 23.2. The zero-order valence-electron chi connectivity index (χ0n) is 20.3. The topological polar surface area (TPSA) is 111 Å². The molecule has 202 valence electrons. The molecule has 1 aliphatic rings. The first-order valence-corrected chi connectivity index (χ1v) is 11.2. The van der Waals surface area contributed by atoms with E-state index in [0.717, 1.165) is 13.0 Å². The normalized spacial score (nSPS) is 14.7. The van der Waals surface area contributed by atoms with E-state index in [0.29, 0.717) is 22.4 Å². The molecule has 0 saturated heterocycles. The van der Waals surface area contributed by atoms with Crippen LogP contribution in [0.1, 0.15) is 35.0 Å². The first-order valence-electron chi connectivity index (χ1n) is 11.2. The first kappa shape index (κ1) is 27.0. The predicted octanol–water partition coefficient (Wildman–Crippen LogP) is 3.98. The van der Waals surface area contributed by atoms with Crippen molar-refractivity contribution in [3.8, 4) is 34.5 Å². The Hall–Kier alpha value is -4.09. The van der Waals surface area contributed by atoms with Crippen molar-refractivity contribution in [1.82, 2.24) is 30.1 Å². The van der Waals surface area contributed by atoms with Gasteiger partial charge in [0.05, 0.1) is 44.3 Å². The SMILES string of the molecule is COc1cc2c(cc1-c1nnn(C)n1)-c1c(CC(F)(F)F)cc(C(=O)N[C@](C)(C#N)CC(F)(F)F)n1CC2. The number of carbonyl (C=O) groups is 1. The second-order valence-corrected chi connectivity index (χ2v) is 9.10. The van der Waals surface area contributed by atoms with Crippen molar-refractivity contribution in [2.75, 3.05) is 7.11 Å². The summed E-state index contributed by atoms with van der Waals surface area (Å²) in [6.07, 6.45) is -12.2. The fourth-order valence-corrected chi connectivity index (χ4v) is 4.54. The van der Waals surface area contributed by atoms with Crippen LogP contribution in [0, 0.1) is 11.3 Å². The van der Waals surface area contributed by atoms with E-state index in [1.54, 1.807) is 12.1 Å². The number of amides is 1. The van der Waals surface area contributed by atoms with E-state index in [1.807, 2.05) is 0 Å². The predicted molar refractivity (Wildman–Crippen MR) is 120 cm³/mol. The summed E-state index contributed by atoms with van der Waals surface area (Å²) in [5.74, 6) is -0.576. The molecule has 0 aliphatic carbocycles. The lowest BCUT2D eigenvalue weighted by Gasteiger charge is -2.26. The average Bonchev–Trinajstić information content (AvgIpc) is 3.39. The summed E-state index contributed by atoms with van der Waals surface area (Å²) in [5.41, 5.74) is -1.44. The molecule has 9 nitrogen and oxygen atoms in total. The summed E-state index contributed by atoms with van der Waals surface area (Å²) in [6, 6.07) is 5.63. The maximum atomic E-state index is 13.5. The zero-order valence-corrected chi connectivity index (χ0v) is 20.3. The van der Waals surface area contributed by atoms with E-state index in [-0.39, 0.29) is 35.7 Å². The molecule has 1 amide bonds. The van der Waals surface area contributed by atoms with E-state index in [4.69, 9.17) is 4.74 Å². The number of halogens is 6. The highest BCUT2D eigenvalue weighted by Gasteiger charge is 2.42. The third-order valence-corrected chi connectivity index (χ3v) is 6.02. The average molecular weight is 541 g/mol. The van der Waals surface area contributed by atoms with Gasteiger partial charge >= 0.3 is 12.4 Å². The standard InChI is InChI=1S/C23H21F6N7O2/c1-21(11-30,10-23(27,28)29)31-20(37)16-6-13(9-22(24,25)26)18-14-8-15(19-32-34-35(2)33-19)17(38-3)7-12(14)4-5-36(16)18/h6-8H,4-5,9-10H2,1-3H3,(H,31,37)/t21-/m0/s1. The molecule has 0 spiro atoms. The van der Waals surface area contributed by atoms with Crippen molar-refractivity contribution in [3.05, 3.63) is 35.0 Å². The molecule has 1 atom stereocenters. The lowest BCUT2D eigenvalue weighted by Crippen LogP contribution is -2.48. The van der Waals surface area contributed by atoms with Crippen LogP contribution in [0.15, 0.2) is 18.2 Å². The van der Waals surface area contributed by atoms with Gasteiger partial charge in [0.25, 0.3) is 5.91 Å². The maximum Gasteiger partial charge on any atom is 0.393 e. The number of nitrogens with one attached hydrogen (secondary N) is 1.